The molecular weight excluding hydrogens is 151 g/mol. The minimum Gasteiger partial charge on any atom is -0.179 e. The molecule has 61 valence electrons. The molecule has 0 nitrogen and oxygen atoms in total. The third-order valence-corrected chi connectivity index (χ3v) is 2.91. The van der Waals surface area contributed by atoms with E-state index in [0.29, 0.717) is 17.7 Å². The highest BCUT2D eigenvalue weighted by molar-refractivity contribution is 7.80. The average molecular weight is 167 g/mol. The van der Waals surface area contributed by atoms with Gasteiger partial charge in [0.1, 0.15) is 0 Å². The Hall–Kier alpha value is 0.155. The van der Waals surface area contributed by atoms with E-state index < -0.39 is 0 Å². The van der Waals surface area contributed by atoms with Gasteiger partial charge in [-0.05, 0) is 24.0 Å². The van der Waals surface area contributed by atoms with Crippen molar-refractivity contribution in [1.29, 1.82) is 0 Å². The maximum Gasteiger partial charge on any atom is 0.0921 e. The number of hydrogen-bond donors (Lipinski definition) is 1. The van der Waals surface area contributed by atoms with E-state index in [1.54, 1.807) is 5.57 Å². The Morgan fingerprint density at radius 3 is 2.73 bits per heavy atom. The molecule has 11 heavy (non-hydrogen) atoms. The smallest absolute Gasteiger partial charge is 0.0921 e. The summed E-state index contributed by atoms with van der Waals surface area (Å²) in [5.41, 5.74) is 1.57. The predicted molar refractivity (Wildman–Crippen MR) is 55.8 cm³/mol. The Bertz CT molecular complexity index is 163. The summed E-state index contributed by atoms with van der Waals surface area (Å²) >= 11 is 4.35. The largest absolute Gasteiger partial charge is 0.179 e. The van der Waals surface area contributed by atoms with E-state index in [1.165, 1.54) is 0 Å². The topological polar surface area (TPSA) is 0 Å². The van der Waals surface area contributed by atoms with E-state index in [4.69, 9.17) is 0 Å². The second kappa shape index (κ2) is 3.71. The van der Waals surface area contributed by atoms with E-state index in [0.717, 1.165) is 12.2 Å². The number of rotatable bonds is 2. The molecule has 0 saturated carbocycles. The third-order valence-electron chi connectivity index (χ3n) is 2.52. The average Bonchev–Trinajstić information content (AvgIpc) is 2.30. The summed E-state index contributed by atoms with van der Waals surface area (Å²) in [5.74, 6) is 2.85. The summed E-state index contributed by atoms with van der Waals surface area (Å²) in [6.07, 6.45) is 3.50. The van der Waals surface area contributed by atoms with Gasteiger partial charge in [-0.15, -0.1) is 0 Å². The summed E-state index contributed by atoms with van der Waals surface area (Å²) in [4.78, 5) is 0. The lowest BCUT2D eigenvalue weighted by Crippen LogP contribution is -2.11. The molecule has 0 bridgehead atoms. The van der Waals surface area contributed by atoms with Crippen LogP contribution in [-0.2, 0) is 0 Å². The van der Waals surface area contributed by atoms with Crippen molar-refractivity contribution in [3.8, 4) is 0 Å². The molecule has 2 atom stereocenters. The van der Waals surface area contributed by atoms with E-state index in [-0.39, 0.29) is 0 Å². The molecule has 0 aromatic heterocycles. The molecule has 0 heterocycles. The van der Waals surface area contributed by atoms with Crippen LogP contribution in [0.1, 0.15) is 20.3 Å². The van der Waals surface area contributed by atoms with Crippen molar-refractivity contribution in [2.75, 3.05) is 5.75 Å². The van der Waals surface area contributed by atoms with Crippen molar-refractivity contribution in [2.24, 2.45) is 11.8 Å². The Morgan fingerprint density at radius 1 is 1.73 bits per heavy atom. The van der Waals surface area contributed by atoms with Gasteiger partial charge in [-0.2, -0.15) is 12.6 Å². The standard InChI is InChI=1S/C9H16BS/c1-6(2)7-3-4-9(10)8(7)5-11/h3,6,8-11H,4-5H2,1-2H3. The zero-order valence-electron chi connectivity index (χ0n) is 7.38. The first-order valence-corrected chi connectivity index (χ1v) is 4.94. The first-order valence-electron chi connectivity index (χ1n) is 4.30. The third kappa shape index (κ3) is 1.84. The second-order valence-electron chi connectivity index (χ2n) is 3.64. The van der Waals surface area contributed by atoms with Crippen molar-refractivity contribution in [2.45, 2.75) is 26.1 Å². The molecule has 1 radical (unpaired) electrons. The summed E-state index contributed by atoms with van der Waals surface area (Å²) in [6.45, 7) is 4.50. The van der Waals surface area contributed by atoms with Gasteiger partial charge in [-0.3, -0.25) is 0 Å². The molecule has 0 saturated heterocycles. The minimum absolute atomic E-state index is 0.574. The van der Waals surface area contributed by atoms with E-state index in [2.05, 4.69) is 40.4 Å². The van der Waals surface area contributed by atoms with Gasteiger partial charge in [0.15, 0.2) is 0 Å². The van der Waals surface area contributed by atoms with Crippen LogP contribution in [0.25, 0.3) is 0 Å². The SMILES string of the molecule is [BH]C1CC=C(C(C)C)C1CS. The molecule has 2 heteroatoms. The first-order chi connectivity index (χ1) is 5.16. The van der Waals surface area contributed by atoms with Crippen LogP contribution in [0.4, 0.5) is 0 Å². The zero-order chi connectivity index (χ0) is 8.43. The minimum atomic E-state index is 0.574. The molecule has 0 aromatic carbocycles. The Balaban J connectivity index is 2.65. The first kappa shape index (κ1) is 9.24. The molecule has 1 aliphatic rings. The fourth-order valence-corrected chi connectivity index (χ4v) is 2.30. The number of thiol groups is 1. The van der Waals surface area contributed by atoms with Gasteiger partial charge >= 0.3 is 0 Å². The summed E-state index contributed by atoms with van der Waals surface area (Å²) in [7, 11) is 4.12. The van der Waals surface area contributed by atoms with E-state index in [1.807, 2.05) is 0 Å². The van der Waals surface area contributed by atoms with Gasteiger partial charge in [0.05, 0.1) is 7.85 Å². The van der Waals surface area contributed by atoms with Crippen LogP contribution in [0.15, 0.2) is 11.6 Å². The monoisotopic (exact) mass is 167 g/mol. The molecule has 1 aliphatic carbocycles. The molecule has 0 aromatic rings. The quantitative estimate of drug-likeness (QED) is 0.364. The van der Waals surface area contributed by atoms with Crippen LogP contribution < -0.4 is 0 Å². The second-order valence-corrected chi connectivity index (χ2v) is 4.01. The van der Waals surface area contributed by atoms with Crippen molar-refractivity contribution >= 4 is 20.5 Å². The summed E-state index contributed by atoms with van der Waals surface area (Å²) in [6, 6.07) is 0. The maximum absolute atomic E-state index is 4.35. The van der Waals surface area contributed by atoms with Gasteiger partial charge in [0.25, 0.3) is 0 Å². The fraction of sp³-hybridized carbons (Fsp3) is 0.778. The van der Waals surface area contributed by atoms with Gasteiger partial charge in [0, 0.05) is 0 Å². The van der Waals surface area contributed by atoms with Crippen molar-refractivity contribution in [3.63, 3.8) is 0 Å². The molecule has 2 unspecified atom stereocenters. The van der Waals surface area contributed by atoms with E-state index >= 15 is 0 Å². The Morgan fingerprint density at radius 2 is 2.36 bits per heavy atom. The zero-order valence-corrected chi connectivity index (χ0v) is 8.27. The predicted octanol–water partition coefficient (Wildman–Crippen LogP) is 2.21. The molecule has 0 fully saturated rings. The summed E-state index contributed by atoms with van der Waals surface area (Å²) in [5, 5.41) is 0. The lowest BCUT2D eigenvalue weighted by atomic mass is 9.75. The molecule has 0 N–H and O–H groups in total. The van der Waals surface area contributed by atoms with Crippen LogP contribution in [0.3, 0.4) is 0 Å². The fourth-order valence-electron chi connectivity index (χ4n) is 1.79. The van der Waals surface area contributed by atoms with Crippen LogP contribution in [0.5, 0.6) is 0 Å². The van der Waals surface area contributed by atoms with Gasteiger partial charge < -0.3 is 0 Å². The van der Waals surface area contributed by atoms with Gasteiger partial charge in [0.2, 0.25) is 0 Å². The lowest BCUT2D eigenvalue weighted by Gasteiger charge is -2.20. The molecule has 0 spiro atoms. The van der Waals surface area contributed by atoms with Gasteiger partial charge in [-0.1, -0.05) is 31.3 Å². The normalized spacial score (nSPS) is 31.1. The van der Waals surface area contributed by atoms with Crippen molar-refractivity contribution in [1.82, 2.24) is 0 Å². The van der Waals surface area contributed by atoms with Crippen LogP contribution >= 0.6 is 12.6 Å². The van der Waals surface area contributed by atoms with Gasteiger partial charge in [-0.25, -0.2) is 0 Å². The highest BCUT2D eigenvalue weighted by Crippen LogP contribution is 2.38. The molecule has 1 rings (SSSR count). The Kier molecular flexibility index (Phi) is 3.11. The highest BCUT2D eigenvalue weighted by Gasteiger charge is 2.25. The molecule has 0 amide bonds. The molecule has 0 aliphatic heterocycles. The van der Waals surface area contributed by atoms with Crippen LogP contribution in [0, 0.1) is 11.8 Å². The van der Waals surface area contributed by atoms with Crippen LogP contribution in [-0.4, -0.2) is 13.6 Å². The molecular formula is C9H16BS. The summed E-state index contributed by atoms with van der Waals surface area (Å²) < 4.78 is 0. The van der Waals surface area contributed by atoms with Crippen LogP contribution in [0.2, 0.25) is 5.82 Å². The number of hydrogen-bond acceptors (Lipinski definition) is 1. The maximum atomic E-state index is 4.35. The van der Waals surface area contributed by atoms with Crippen molar-refractivity contribution in [3.05, 3.63) is 11.6 Å². The highest BCUT2D eigenvalue weighted by atomic mass is 32.1. The van der Waals surface area contributed by atoms with Crippen molar-refractivity contribution < 1.29 is 0 Å². The number of allylic oxidation sites excluding steroid dienone is 2. The Labute approximate surface area is 76.3 Å². The van der Waals surface area contributed by atoms with E-state index in [9.17, 15) is 0 Å². The lowest BCUT2D eigenvalue weighted by molar-refractivity contribution is 0.599.